The van der Waals surface area contributed by atoms with E-state index in [4.69, 9.17) is 0 Å². The van der Waals surface area contributed by atoms with Gasteiger partial charge in [0.1, 0.15) is 5.78 Å². The first kappa shape index (κ1) is 5.45. The summed E-state index contributed by atoms with van der Waals surface area (Å²) in [4.78, 5) is 11.2. The van der Waals surface area contributed by atoms with E-state index in [2.05, 4.69) is 6.92 Å². The van der Waals surface area contributed by atoms with Gasteiger partial charge >= 0.3 is 0 Å². The molecule has 1 nitrogen and oxygen atoms in total. The van der Waals surface area contributed by atoms with Crippen molar-refractivity contribution in [2.24, 2.45) is 17.8 Å². The van der Waals surface area contributed by atoms with Crippen LogP contribution < -0.4 is 0 Å². The molecule has 50 valence electrons. The van der Waals surface area contributed by atoms with Crippen molar-refractivity contribution in [2.75, 3.05) is 0 Å². The fourth-order valence-electron chi connectivity index (χ4n) is 1.89. The van der Waals surface area contributed by atoms with Crippen molar-refractivity contribution in [3.63, 3.8) is 0 Å². The van der Waals surface area contributed by atoms with Gasteiger partial charge in [-0.1, -0.05) is 6.92 Å². The van der Waals surface area contributed by atoms with Crippen LogP contribution in [0.5, 0.6) is 0 Å². The number of ketones is 1. The molecule has 0 saturated heterocycles. The van der Waals surface area contributed by atoms with Crippen molar-refractivity contribution in [3.8, 4) is 0 Å². The highest BCUT2D eigenvalue weighted by Crippen LogP contribution is 2.48. The molecule has 9 heavy (non-hydrogen) atoms. The maximum absolute atomic E-state index is 11.2. The minimum Gasteiger partial charge on any atom is -0.299 e. The summed E-state index contributed by atoms with van der Waals surface area (Å²) in [7, 11) is 0. The Morgan fingerprint density at radius 2 is 2.22 bits per heavy atom. The molecule has 0 aromatic carbocycles. The molecule has 0 aromatic rings. The number of carbonyl (C=O) groups excluding carboxylic acids is 1. The minimum atomic E-state index is 0.383. The summed E-state index contributed by atoms with van der Waals surface area (Å²) in [6.07, 6.45) is 3.68. The molecule has 2 aliphatic carbocycles. The van der Waals surface area contributed by atoms with E-state index in [1.807, 2.05) is 0 Å². The average Bonchev–Trinajstić information content (AvgIpc) is 2.58. The van der Waals surface area contributed by atoms with Crippen molar-refractivity contribution in [2.45, 2.75) is 26.2 Å². The summed E-state index contributed by atoms with van der Waals surface area (Å²) < 4.78 is 0. The Balaban J connectivity index is 2.10. The lowest BCUT2D eigenvalue weighted by Gasteiger charge is -2.14. The minimum absolute atomic E-state index is 0.383. The van der Waals surface area contributed by atoms with E-state index in [9.17, 15) is 4.79 Å². The first-order chi connectivity index (χ1) is 4.29. The van der Waals surface area contributed by atoms with Crippen LogP contribution >= 0.6 is 0 Å². The van der Waals surface area contributed by atoms with Crippen molar-refractivity contribution in [1.29, 1.82) is 0 Å². The molecular weight excluding hydrogens is 112 g/mol. The second-order valence-corrected chi connectivity index (χ2v) is 3.48. The number of hydrogen-bond acceptors (Lipinski definition) is 1. The highest BCUT2D eigenvalue weighted by molar-refractivity contribution is 5.86. The smallest absolute Gasteiger partial charge is 0.139 e. The quantitative estimate of drug-likeness (QED) is 0.479. The number of fused-ring (bicyclic) bond motifs is 1. The zero-order valence-corrected chi connectivity index (χ0v) is 5.76. The SMILES string of the molecule is C[C@@H]1CC[C@@H]2C[C@H]2C1=O. The second kappa shape index (κ2) is 1.59. The van der Waals surface area contributed by atoms with Crippen LogP contribution in [0.15, 0.2) is 0 Å². The van der Waals surface area contributed by atoms with Crippen LogP contribution in [0.1, 0.15) is 26.2 Å². The molecule has 2 saturated carbocycles. The van der Waals surface area contributed by atoms with E-state index in [-0.39, 0.29) is 0 Å². The molecule has 0 spiro atoms. The summed E-state index contributed by atoms with van der Waals surface area (Å²) in [5.41, 5.74) is 0. The van der Waals surface area contributed by atoms with E-state index in [0.717, 1.165) is 12.3 Å². The van der Waals surface area contributed by atoms with Crippen LogP contribution in [0.3, 0.4) is 0 Å². The summed E-state index contributed by atoms with van der Waals surface area (Å²) in [6.45, 7) is 2.07. The van der Waals surface area contributed by atoms with Crippen LogP contribution in [-0.2, 0) is 4.79 Å². The predicted octanol–water partition coefficient (Wildman–Crippen LogP) is 1.62. The van der Waals surface area contributed by atoms with E-state index in [1.165, 1.54) is 12.8 Å². The van der Waals surface area contributed by atoms with Gasteiger partial charge in [-0.2, -0.15) is 0 Å². The molecule has 0 aromatic heterocycles. The lowest BCUT2D eigenvalue weighted by molar-refractivity contribution is -0.125. The van der Waals surface area contributed by atoms with Crippen molar-refractivity contribution in [1.82, 2.24) is 0 Å². The predicted molar refractivity (Wildman–Crippen MR) is 35.0 cm³/mol. The number of hydrogen-bond donors (Lipinski definition) is 0. The largest absolute Gasteiger partial charge is 0.299 e. The third kappa shape index (κ3) is 0.707. The third-order valence-corrected chi connectivity index (χ3v) is 2.74. The summed E-state index contributed by atoms with van der Waals surface area (Å²) in [5.74, 6) is 2.25. The molecular formula is C8H12O. The molecule has 0 radical (unpaired) electrons. The van der Waals surface area contributed by atoms with Crippen LogP contribution in [0.25, 0.3) is 0 Å². The standard InChI is InChI=1S/C8H12O/c1-5-2-3-6-4-7(6)8(5)9/h5-7H,2-4H2,1H3/t5-,6-,7-/m1/s1. The average molecular weight is 124 g/mol. The molecule has 3 atom stereocenters. The zero-order chi connectivity index (χ0) is 6.43. The molecule has 0 N–H and O–H groups in total. The Hall–Kier alpha value is -0.330. The Kier molecular flexibility index (Phi) is 0.961. The molecule has 1 heteroatoms. The second-order valence-electron chi connectivity index (χ2n) is 3.48. The van der Waals surface area contributed by atoms with Gasteiger partial charge in [-0.15, -0.1) is 0 Å². The number of carbonyl (C=O) groups is 1. The van der Waals surface area contributed by atoms with E-state index in [1.54, 1.807) is 0 Å². The Labute approximate surface area is 55.4 Å². The normalized spacial score (nSPS) is 48.6. The molecule has 0 aliphatic heterocycles. The Bertz CT molecular complexity index is 147. The fraction of sp³-hybridized carbons (Fsp3) is 0.875. The summed E-state index contributed by atoms with van der Waals surface area (Å²) in [6, 6.07) is 0. The Morgan fingerprint density at radius 3 is 2.89 bits per heavy atom. The van der Waals surface area contributed by atoms with E-state index in [0.29, 0.717) is 17.6 Å². The molecule has 0 heterocycles. The maximum atomic E-state index is 11.2. The first-order valence-corrected chi connectivity index (χ1v) is 3.83. The van der Waals surface area contributed by atoms with Gasteiger partial charge in [0, 0.05) is 11.8 Å². The topological polar surface area (TPSA) is 17.1 Å². The van der Waals surface area contributed by atoms with Crippen molar-refractivity contribution in [3.05, 3.63) is 0 Å². The van der Waals surface area contributed by atoms with Gasteiger partial charge in [-0.05, 0) is 25.2 Å². The van der Waals surface area contributed by atoms with Gasteiger partial charge < -0.3 is 0 Å². The van der Waals surface area contributed by atoms with Gasteiger partial charge in [0.25, 0.3) is 0 Å². The van der Waals surface area contributed by atoms with Crippen LogP contribution in [-0.4, -0.2) is 5.78 Å². The van der Waals surface area contributed by atoms with Gasteiger partial charge in [0.05, 0.1) is 0 Å². The lowest BCUT2D eigenvalue weighted by Crippen LogP contribution is -2.18. The monoisotopic (exact) mass is 124 g/mol. The molecule has 2 rings (SSSR count). The lowest BCUT2D eigenvalue weighted by atomic mass is 9.90. The van der Waals surface area contributed by atoms with Gasteiger partial charge in [0.2, 0.25) is 0 Å². The molecule has 0 unspecified atom stereocenters. The summed E-state index contributed by atoms with van der Waals surface area (Å²) in [5, 5.41) is 0. The van der Waals surface area contributed by atoms with E-state index >= 15 is 0 Å². The molecule has 0 bridgehead atoms. The summed E-state index contributed by atoms with van der Waals surface area (Å²) >= 11 is 0. The number of rotatable bonds is 0. The fourth-order valence-corrected chi connectivity index (χ4v) is 1.89. The molecule has 2 aliphatic rings. The van der Waals surface area contributed by atoms with Crippen LogP contribution in [0.2, 0.25) is 0 Å². The van der Waals surface area contributed by atoms with Crippen molar-refractivity contribution >= 4 is 5.78 Å². The molecule has 2 fully saturated rings. The van der Waals surface area contributed by atoms with E-state index < -0.39 is 0 Å². The molecule has 0 amide bonds. The highest BCUT2D eigenvalue weighted by Gasteiger charge is 2.47. The third-order valence-electron chi connectivity index (χ3n) is 2.74. The van der Waals surface area contributed by atoms with Crippen LogP contribution in [0.4, 0.5) is 0 Å². The zero-order valence-electron chi connectivity index (χ0n) is 5.76. The number of Topliss-reactive ketones (excluding diaryl/α,β-unsaturated/α-hetero) is 1. The first-order valence-electron chi connectivity index (χ1n) is 3.83. The van der Waals surface area contributed by atoms with Gasteiger partial charge in [-0.3, -0.25) is 4.79 Å². The van der Waals surface area contributed by atoms with Crippen molar-refractivity contribution < 1.29 is 4.79 Å². The van der Waals surface area contributed by atoms with Crippen LogP contribution in [0, 0.1) is 17.8 Å². The Morgan fingerprint density at radius 1 is 1.44 bits per heavy atom. The highest BCUT2D eigenvalue weighted by atomic mass is 16.1. The maximum Gasteiger partial charge on any atom is 0.139 e. The van der Waals surface area contributed by atoms with Gasteiger partial charge in [-0.25, -0.2) is 0 Å². The van der Waals surface area contributed by atoms with Gasteiger partial charge in [0.15, 0.2) is 0 Å².